The molecule has 1 aromatic carbocycles. The molecule has 138 valence electrons. The fourth-order valence-corrected chi connectivity index (χ4v) is 2.30. The van der Waals surface area contributed by atoms with Crippen molar-refractivity contribution >= 4 is 23.6 Å². The molecule has 1 atom stereocenters. The molecule has 0 aromatic heterocycles. The van der Waals surface area contributed by atoms with Gasteiger partial charge in [-0.15, -0.1) is 0 Å². The number of hydrogen-bond donors (Lipinski definition) is 3. The number of piperidine rings is 1. The smallest absolute Gasteiger partial charge is 0.408 e. The van der Waals surface area contributed by atoms with Gasteiger partial charge in [0, 0.05) is 17.7 Å². The first kappa shape index (κ1) is 19.3. The maximum atomic E-state index is 11.8. The Morgan fingerprint density at radius 2 is 2.12 bits per heavy atom. The van der Waals surface area contributed by atoms with Crippen LogP contribution < -0.4 is 16.0 Å². The molecule has 0 spiro atoms. The molecule has 26 heavy (non-hydrogen) atoms. The Labute approximate surface area is 152 Å². The third-order valence-corrected chi connectivity index (χ3v) is 3.40. The second-order valence-electron chi connectivity index (χ2n) is 6.89. The predicted molar refractivity (Wildman–Crippen MR) is 97.4 cm³/mol. The Hall–Kier alpha value is -3.01. The van der Waals surface area contributed by atoms with Crippen molar-refractivity contribution in [2.45, 2.75) is 45.3 Å². The van der Waals surface area contributed by atoms with Crippen molar-refractivity contribution in [1.82, 2.24) is 10.6 Å². The van der Waals surface area contributed by atoms with Gasteiger partial charge in [0.2, 0.25) is 11.8 Å². The highest BCUT2D eigenvalue weighted by molar-refractivity contribution is 6.01. The lowest BCUT2D eigenvalue weighted by Gasteiger charge is -2.22. The van der Waals surface area contributed by atoms with Gasteiger partial charge < -0.3 is 15.4 Å². The van der Waals surface area contributed by atoms with E-state index in [2.05, 4.69) is 27.8 Å². The summed E-state index contributed by atoms with van der Waals surface area (Å²) in [7, 11) is 0. The molecule has 3 amide bonds. The van der Waals surface area contributed by atoms with Crippen molar-refractivity contribution in [3.8, 4) is 11.8 Å². The van der Waals surface area contributed by atoms with Gasteiger partial charge in [0.05, 0.1) is 6.54 Å². The number of carbonyl (C=O) groups excluding carboxylic acids is 3. The van der Waals surface area contributed by atoms with E-state index in [1.165, 1.54) is 0 Å². The molecule has 1 aliphatic heterocycles. The minimum atomic E-state index is -0.548. The molecule has 1 aliphatic rings. The van der Waals surface area contributed by atoms with Gasteiger partial charge in [-0.1, -0.05) is 17.9 Å². The Morgan fingerprint density at radius 3 is 2.81 bits per heavy atom. The number of ether oxygens (including phenoxy) is 1. The van der Waals surface area contributed by atoms with Crippen LogP contribution >= 0.6 is 0 Å². The minimum absolute atomic E-state index is 0.166. The summed E-state index contributed by atoms with van der Waals surface area (Å²) in [5.41, 5.74) is 0.938. The second-order valence-corrected chi connectivity index (χ2v) is 6.89. The zero-order chi connectivity index (χ0) is 19.2. The van der Waals surface area contributed by atoms with Crippen molar-refractivity contribution in [3.05, 3.63) is 29.8 Å². The molecule has 1 saturated heterocycles. The number of imide groups is 1. The maximum Gasteiger partial charge on any atom is 0.408 e. The van der Waals surface area contributed by atoms with Crippen molar-refractivity contribution in [2.24, 2.45) is 0 Å². The summed E-state index contributed by atoms with van der Waals surface area (Å²) in [4.78, 5) is 34.5. The molecule has 0 unspecified atom stereocenters. The van der Waals surface area contributed by atoms with Crippen LogP contribution in [0.25, 0.3) is 0 Å². The second kappa shape index (κ2) is 8.39. The Balaban J connectivity index is 1.88. The predicted octanol–water partition coefficient (Wildman–Crippen LogP) is 1.78. The van der Waals surface area contributed by atoms with E-state index in [0.717, 1.165) is 11.3 Å². The van der Waals surface area contributed by atoms with Crippen molar-refractivity contribution < 1.29 is 19.1 Å². The fraction of sp³-hybridized carbons (Fsp3) is 0.421. The lowest BCUT2D eigenvalue weighted by atomic mass is 10.1. The topological polar surface area (TPSA) is 96.5 Å². The fourth-order valence-electron chi connectivity index (χ4n) is 2.30. The SMILES string of the molecule is CC(C)(C)OC(=O)NCC#Cc1cccc(N[C@@H]2CCC(=O)NC2=O)c1. The molecule has 2 rings (SSSR count). The standard InChI is InChI=1S/C19H23N3O4/c1-19(2,3)26-18(25)20-11-5-7-13-6-4-8-14(12-13)21-15-9-10-16(23)22-17(15)24/h4,6,8,12,15,21H,9-11H2,1-3H3,(H,20,25)(H,22,23,24)/t15-/m1/s1. The average molecular weight is 357 g/mol. The number of carbonyl (C=O) groups is 3. The van der Waals surface area contributed by atoms with E-state index in [-0.39, 0.29) is 18.4 Å². The summed E-state index contributed by atoms with van der Waals surface area (Å²) in [5, 5.41) is 7.98. The third-order valence-electron chi connectivity index (χ3n) is 3.40. The molecule has 0 saturated carbocycles. The minimum Gasteiger partial charge on any atom is -0.444 e. The molecule has 3 N–H and O–H groups in total. The van der Waals surface area contributed by atoms with Gasteiger partial charge in [-0.3, -0.25) is 14.9 Å². The quantitative estimate of drug-likeness (QED) is 0.566. The maximum absolute atomic E-state index is 11.8. The largest absolute Gasteiger partial charge is 0.444 e. The molecule has 1 fully saturated rings. The first-order valence-electron chi connectivity index (χ1n) is 8.39. The van der Waals surface area contributed by atoms with Gasteiger partial charge in [-0.25, -0.2) is 4.79 Å². The van der Waals surface area contributed by atoms with E-state index < -0.39 is 17.7 Å². The summed E-state index contributed by atoms with van der Waals surface area (Å²) >= 11 is 0. The van der Waals surface area contributed by atoms with Crippen LogP contribution in [0.2, 0.25) is 0 Å². The summed E-state index contributed by atoms with van der Waals surface area (Å²) in [6.07, 6.45) is 0.264. The molecule has 7 heteroatoms. The molecular weight excluding hydrogens is 334 g/mol. The molecule has 0 aliphatic carbocycles. The molecule has 1 heterocycles. The number of anilines is 1. The summed E-state index contributed by atoms with van der Waals surface area (Å²) < 4.78 is 5.12. The number of alkyl carbamates (subject to hydrolysis) is 1. The first-order valence-corrected chi connectivity index (χ1v) is 8.39. The Morgan fingerprint density at radius 1 is 1.35 bits per heavy atom. The van der Waals surface area contributed by atoms with Crippen LogP contribution in [-0.2, 0) is 14.3 Å². The van der Waals surface area contributed by atoms with Crippen LogP contribution in [0.1, 0.15) is 39.2 Å². The van der Waals surface area contributed by atoms with Gasteiger partial charge in [0.15, 0.2) is 0 Å². The van der Waals surface area contributed by atoms with E-state index in [1.807, 2.05) is 24.3 Å². The van der Waals surface area contributed by atoms with Crippen LogP contribution in [0.4, 0.5) is 10.5 Å². The number of rotatable bonds is 3. The number of amides is 3. The third kappa shape index (κ3) is 6.48. The van der Waals surface area contributed by atoms with Gasteiger partial charge in [-0.05, 0) is 45.4 Å². The number of hydrogen-bond acceptors (Lipinski definition) is 5. The molecule has 7 nitrogen and oxygen atoms in total. The van der Waals surface area contributed by atoms with Gasteiger partial charge in [0.1, 0.15) is 11.6 Å². The van der Waals surface area contributed by atoms with E-state index >= 15 is 0 Å². The number of nitrogens with one attached hydrogen (secondary N) is 3. The summed E-state index contributed by atoms with van der Waals surface area (Å²) in [6.45, 7) is 5.54. The lowest BCUT2D eigenvalue weighted by molar-refractivity contribution is -0.133. The van der Waals surface area contributed by atoms with E-state index in [9.17, 15) is 14.4 Å². The molecular formula is C19H23N3O4. The van der Waals surface area contributed by atoms with Gasteiger partial charge in [-0.2, -0.15) is 0 Å². The van der Waals surface area contributed by atoms with Crippen LogP contribution in [-0.4, -0.2) is 36.1 Å². The van der Waals surface area contributed by atoms with Crippen molar-refractivity contribution in [3.63, 3.8) is 0 Å². The lowest BCUT2D eigenvalue weighted by Crippen LogP contribution is -2.47. The highest BCUT2D eigenvalue weighted by Gasteiger charge is 2.26. The zero-order valence-electron chi connectivity index (χ0n) is 15.1. The summed E-state index contributed by atoms with van der Waals surface area (Å²) in [5.74, 6) is 5.23. The monoisotopic (exact) mass is 357 g/mol. The Kier molecular flexibility index (Phi) is 6.23. The van der Waals surface area contributed by atoms with Crippen molar-refractivity contribution in [2.75, 3.05) is 11.9 Å². The summed E-state index contributed by atoms with van der Waals surface area (Å²) in [6, 6.07) is 6.85. The highest BCUT2D eigenvalue weighted by atomic mass is 16.6. The molecule has 1 aromatic rings. The van der Waals surface area contributed by atoms with Crippen LogP contribution in [0.5, 0.6) is 0 Å². The first-order chi connectivity index (χ1) is 12.2. The van der Waals surface area contributed by atoms with E-state index in [1.54, 1.807) is 20.8 Å². The molecule has 0 radical (unpaired) electrons. The van der Waals surface area contributed by atoms with E-state index in [4.69, 9.17) is 4.74 Å². The van der Waals surface area contributed by atoms with Crippen LogP contribution in [0, 0.1) is 11.8 Å². The highest BCUT2D eigenvalue weighted by Crippen LogP contribution is 2.15. The van der Waals surface area contributed by atoms with Crippen molar-refractivity contribution in [1.29, 1.82) is 0 Å². The van der Waals surface area contributed by atoms with Crippen LogP contribution in [0.3, 0.4) is 0 Å². The normalized spacial score (nSPS) is 16.8. The van der Waals surface area contributed by atoms with Gasteiger partial charge >= 0.3 is 6.09 Å². The Bertz CT molecular complexity index is 756. The number of benzene rings is 1. The van der Waals surface area contributed by atoms with Crippen LogP contribution in [0.15, 0.2) is 24.3 Å². The van der Waals surface area contributed by atoms with E-state index in [0.29, 0.717) is 12.8 Å². The zero-order valence-corrected chi connectivity index (χ0v) is 15.1. The average Bonchev–Trinajstić information content (AvgIpc) is 2.53. The molecule has 0 bridgehead atoms. The van der Waals surface area contributed by atoms with Gasteiger partial charge in [0.25, 0.3) is 0 Å².